The number of rotatable bonds is 9. The standard InChI is InChI=1S/C17H29FN2/c1-5-7-11-20(4)12-10-17(19-6-2)15-9-8-14(3)16(18)13-15/h8-9,13,17,19H,5-7,10-12H2,1-4H3. The summed E-state index contributed by atoms with van der Waals surface area (Å²) in [6.45, 7) is 9.19. The van der Waals surface area contributed by atoms with E-state index in [2.05, 4.69) is 31.1 Å². The molecule has 0 fully saturated rings. The molecule has 1 aromatic carbocycles. The van der Waals surface area contributed by atoms with E-state index in [1.54, 1.807) is 13.0 Å². The Morgan fingerprint density at radius 2 is 2.00 bits per heavy atom. The SMILES string of the molecule is CCCCN(C)CCC(NCC)c1ccc(C)c(F)c1. The molecule has 0 radical (unpaired) electrons. The maximum atomic E-state index is 13.7. The van der Waals surface area contributed by atoms with Crippen molar-refractivity contribution in [2.45, 2.75) is 46.1 Å². The molecule has 1 aromatic rings. The second kappa shape index (κ2) is 9.09. The Morgan fingerprint density at radius 3 is 2.60 bits per heavy atom. The highest BCUT2D eigenvalue weighted by Crippen LogP contribution is 2.20. The zero-order chi connectivity index (χ0) is 15.0. The first-order valence-corrected chi connectivity index (χ1v) is 7.76. The Kier molecular flexibility index (Phi) is 7.78. The van der Waals surface area contributed by atoms with Crippen LogP contribution in [0.1, 0.15) is 50.3 Å². The lowest BCUT2D eigenvalue weighted by atomic mass is 10.0. The van der Waals surface area contributed by atoms with Gasteiger partial charge in [0.25, 0.3) is 0 Å². The van der Waals surface area contributed by atoms with Crippen molar-refractivity contribution in [3.8, 4) is 0 Å². The van der Waals surface area contributed by atoms with Crippen LogP contribution < -0.4 is 5.32 Å². The fourth-order valence-electron chi connectivity index (χ4n) is 2.35. The minimum atomic E-state index is -0.107. The number of aryl methyl sites for hydroxylation is 1. The Morgan fingerprint density at radius 1 is 1.25 bits per heavy atom. The van der Waals surface area contributed by atoms with Gasteiger partial charge in [0.05, 0.1) is 0 Å². The number of nitrogens with one attached hydrogen (secondary N) is 1. The molecular formula is C17H29FN2. The Hall–Kier alpha value is -0.930. The fraction of sp³-hybridized carbons (Fsp3) is 0.647. The zero-order valence-corrected chi connectivity index (χ0v) is 13.4. The molecule has 3 heteroatoms. The fourth-order valence-corrected chi connectivity index (χ4v) is 2.35. The summed E-state index contributed by atoms with van der Waals surface area (Å²) in [6, 6.07) is 5.82. The van der Waals surface area contributed by atoms with Gasteiger partial charge in [-0.2, -0.15) is 0 Å². The monoisotopic (exact) mass is 280 g/mol. The molecule has 0 saturated carbocycles. The van der Waals surface area contributed by atoms with Gasteiger partial charge in [-0.15, -0.1) is 0 Å². The van der Waals surface area contributed by atoms with Gasteiger partial charge in [-0.25, -0.2) is 4.39 Å². The van der Waals surface area contributed by atoms with Crippen LogP contribution in [0.5, 0.6) is 0 Å². The lowest BCUT2D eigenvalue weighted by Gasteiger charge is -2.23. The molecule has 0 saturated heterocycles. The number of hydrogen-bond acceptors (Lipinski definition) is 2. The third-order valence-electron chi connectivity index (χ3n) is 3.74. The molecule has 114 valence electrons. The van der Waals surface area contributed by atoms with Crippen LogP contribution in [-0.2, 0) is 0 Å². The average molecular weight is 280 g/mol. The largest absolute Gasteiger partial charge is 0.310 e. The molecule has 0 spiro atoms. The summed E-state index contributed by atoms with van der Waals surface area (Å²) >= 11 is 0. The van der Waals surface area contributed by atoms with Crippen LogP contribution in [0.3, 0.4) is 0 Å². The summed E-state index contributed by atoms with van der Waals surface area (Å²) in [5, 5.41) is 3.46. The van der Waals surface area contributed by atoms with Crippen molar-refractivity contribution < 1.29 is 4.39 Å². The van der Waals surface area contributed by atoms with Crippen molar-refractivity contribution in [3.05, 3.63) is 35.1 Å². The minimum Gasteiger partial charge on any atom is -0.310 e. The first-order valence-electron chi connectivity index (χ1n) is 7.76. The van der Waals surface area contributed by atoms with Crippen LogP contribution in [0.25, 0.3) is 0 Å². The van der Waals surface area contributed by atoms with Gasteiger partial charge in [-0.1, -0.05) is 32.4 Å². The number of halogens is 1. The van der Waals surface area contributed by atoms with Crippen LogP contribution in [-0.4, -0.2) is 31.6 Å². The summed E-state index contributed by atoms with van der Waals surface area (Å²) in [4.78, 5) is 2.36. The highest BCUT2D eigenvalue weighted by atomic mass is 19.1. The highest BCUT2D eigenvalue weighted by molar-refractivity contribution is 5.25. The Balaban J connectivity index is 2.61. The van der Waals surface area contributed by atoms with Crippen LogP contribution in [0.4, 0.5) is 4.39 Å². The van der Waals surface area contributed by atoms with E-state index in [-0.39, 0.29) is 11.9 Å². The molecular weight excluding hydrogens is 251 g/mol. The van der Waals surface area contributed by atoms with E-state index >= 15 is 0 Å². The lowest BCUT2D eigenvalue weighted by molar-refractivity contribution is 0.303. The van der Waals surface area contributed by atoms with Crippen molar-refractivity contribution in [2.75, 3.05) is 26.7 Å². The number of benzene rings is 1. The normalized spacial score (nSPS) is 12.9. The average Bonchev–Trinajstić information content (AvgIpc) is 2.44. The molecule has 0 heterocycles. The van der Waals surface area contributed by atoms with E-state index < -0.39 is 0 Å². The predicted octanol–water partition coefficient (Wildman–Crippen LogP) is 3.91. The maximum absolute atomic E-state index is 13.7. The van der Waals surface area contributed by atoms with E-state index in [9.17, 15) is 4.39 Å². The maximum Gasteiger partial charge on any atom is 0.126 e. The minimum absolute atomic E-state index is 0.107. The summed E-state index contributed by atoms with van der Waals surface area (Å²) in [5.41, 5.74) is 1.77. The molecule has 0 amide bonds. The number of hydrogen-bond donors (Lipinski definition) is 1. The molecule has 0 aliphatic heterocycles. The molecule has 1 unspecified atom stereocenters. The van der Waals surface area contributed by atoms with Crippen molar-refractivity contribution >= 4 is 0 Å². The van der Waals surface area contributed by atoms with Crippen LogP contribution in [0.15, 0.2) is 18.2 Å². The molecule has 0 aliphatic rings. The van der Waals surface area contributed by atoms with Crippen LogP contribution in [0, 0.1) is 12.7 Å². The van der Waals surface area contributed by atoms with Crippen molar-refractivity contribution in [3.63, 3.8) is 0 Å². The molecule has 1 N–H and O–H groups in total. The van der Waals surface area contributed by atoms with Gasteiger partial charge in [-0.3, -0.25) is 0 Å². The van der Waals surface area contributed by atoms with Gasteiger partial charge < -0.3 is 10.2 Å². The first kappa shape index (κ1) is 17.1. The van der Waals surface area contributed by atoms with Gasteiger partial charge in [-0.05, 0) is 63.6 Å². The Bertz CT molecular complexity index is 393. The van der Waals surface area contributed by atoms with Gasteiger partial charge in [0.15, 0.2) is 0 Å². The smallest absolute Gasteiger partial charge is 0.126 e. The third-order valence-corrected chi connectivity index (χ3v) is 3.74. The van der Waals surface area contributed by atoms with Gasteiger partial charge in [0.1, 0.15) is 5.82 Å². The summed E-state index contributed by atoms with van der Waals surface area (Å²) < 4.78 is 13.7. The number of unbranched alkanes of at least 4 members (excludes halogenated alkanes) is 1. The summed E-state index contributed by atoms with van der Waals surface area (Å²) in [7, 11) is 2.16. The van der Waals surface area contributed by atoms with Crippen molar-refractivity contribution in [1.82, 2.24) is 10.2 Å². The summed E-state index contributed by atoms with van der Waals surface area (Å²) in [6.07, 6.45) is 3.47. The van der Waals surface area contributed by atoms with E-state index in [0.29, 0.717) is 5.56 Å². The molecule has 1 atom stereocenters. The zero-order valence-electron chi connectivity index (χ0n) is 13.4. The predicted molar refractivity (Wildman–Crippen MR) is 84.6 cm³/mol. The molecule has 0 bridgehead atoms. The van der Waals surface area contributed by atoms with E-state index in [1.807, 2.05) is 12.1 Å². The van der Waals surface area contributed by atoms with E-state index in [1.165, 1.54) is 12.8 Å². The van der Waals surface area contributed by atoms with Gasteiger partial charge in [0, 0.05) is 6.04 Å². The molecule has 20 heavy (non-hydrogen) atoms. The molecule has 0 aliphatic carbocycles. The third kappa shape index (κ3) is 5.59. The number of nitrogens with zero attached hydrogens (tertiary/aromatic N) is 1. The summed E-state index contributed by atoms with van der Waals surface area (Å²) in [5.74, 6) is -0.107. The Labute approximate surface area is 123 Å². The topological polar surface area (TPSA) is 15.3 Å². The molecule has 0 aromatic heterocycles. The van der Waals surface area contributed by atoms with Gasteiger partial charge >= 0.3 is 0 Å². The highest BCUT2D eigenvalue weighted by Gasteiger charge is 2.12. The quantitative estimate of drug-likeness (QED) is 0.738. The second-order valence-corrected chi connectivity index (χ2v) is 5.56. The van der Waals surface area contributed by atoms with Gasteiger partial charge in [0.2, 0.25) is 0 Å². The van der Waals surface area contributed by atoms with E-state index in [4.69, 9.17) is 0 Å². The lowest BCUT2D eigenvalue weighted by Crippen LogP contribution is -2.28. The van der Waals surface area contributed by atoms with E-state index in [0.717, 1.165) is 31.6 Å². The van der Waals surface area contributed by atoms with Crippen LogP contribution in [0.2, 0.25) is 0 Å². The molecule has 2 nitrogen and oxygen atoms in total. The molecule has 1 rings (SSSR count). The van der Waals surface area contributed by atoms with Crippen LogP contribution >= 0.6 is 0 Å². The van der Waals surface area contributed by atoms with Crippen molar-refractivity contribution in [2.24, 2.45) is 0 Å². The second-order valence-electron chi connectivity index (χ2n) is 5.56. The van der Waals surface area contributed by atoms with Crippen molar-refractivity contribution in [1.29, 1.82) is 0 Å². The first-order chi connectivity index (χ1) is 9.58.